The quantitative estimate of drug-likeness (QED) is 0.385. The number of hydrogen-bond donors (Lipinski definition) is 2. The minimum absolute atomic E-state index is 0.158. The highest BCUT2D eigenvalue weighted by atomic mass is 16.2. The van der Waals surface area contributed by atoms with Crippen LogP contribution in [0.4, 0.5) is 0 Å². The molecule has 1 saturated carbocycles. The normalized spacial score (nSPS) is 13.8. The van der Waals surface area contributed by atoms with Crippen molar-refractivity contribution < 1.29 is 9.59 Å². The fraction of sp³-hybridized carbons (Fsp3) is 0.333. The average Bonchev–Trinajstić information content (AvgIpc) is 3.60. The summed E-state index contributed by atoms with van der Waals surface area (Å²) in [5.41, 5.74) is 4.68. The number of pyridine rings is 2. The van der Waals surface area contributed by atoms with Crippen LogP contribution in [0.1, 0.15) is 56.3 Å². The van der Waals surface area contributed by atoms with Crippen molar-refractivity contribution in [1.29, 1.82) is 0 Å². The molecular weight excluding hydrogens is 468 g/mol. The first-order chi connectivity index (χ1) is 17.8. The summed E-state index contributed by atoms with van der Waals surface area (Å²) >= 11 is 0. The highest BCUT2D eigenvalue weighted by molar-refractivity contribution is 5.95. The maximum atomic E-state index is 12.9. The molecule has 0 bridgehead atoms. The van der Waals surface area contributed by atoms with Gasteiger partial charge in [0.05, 0.1) is 22.5 Å². The Morgan fingerprint density at radius 2 is 1.35 bits per heavy atom. The van der Waals surface area contributed by atoms with Crippen LogP contribution in [0.5, 0.6) is 0 Å². The van der Waals surface area contributed by atoms with Gasteiger partial charge in [-0.05, 0) is 82.9 Å². The van der Waals surface area contributed by atoms with Crippen LogP contribution in [0.25, 0.3) is 11.6 Å². The Balaban J connectivity index is 1.19. The van der Waals surface area contributed by atoms with E-state index in [-0.39, 0.29) is 17.9 Å². The molecule has 2 N–H and O–H groups in total. The van der Waals surface area contributed by atoms with Gasteiger partial charge in [-0.3, -0.25) is 9.59 Å². The number of amides is 2. The number of carbonyl (C=O) groups excluding carboxylic acids is 2. The fourth-order valence-corrected chi connectivity index (χ4v) is 4.40. The first-order valence-corrected chi connectivity index (χ1v) is 12.4. The minimum atomic E-state index is -0.233. The van der Waals surface area contributed by atoms with E-state index < -0.39 is 0 Å². The van der Waals surface area contributed by atoms with Crippen LogP contribution in [0.3, 0.4) is 0 Å². The number of rotatable bonds is 8. The Kier molecular flexibility index (Phi) is 6.56. The number of aryl methyl sites for hydroxylation is 4. The maximum absolute atomic E-state index is 12.9. The van der Waals surface area contributed by atoms with E-state index in [9.17, 15) is 9.59 Å². The molecule has 0 aromatic carbocycles. The van der Waals surface area contributed by atoms with Crippen molar-refractivity contribution in [3.63, 3.8) is 0 Å². The van der Waals surface area contributed by atoms with Gasteiger partial charge in [-0.25, -0.2) is 19.3 Å². The maximum Gasteiger partial charge on any atom is 0.253 e. The summed E-state index contributed by atoms with van der Waals surface area (Å²) in [6.45, 7) is 8.11. The SMILES string of the molecule is Cc1cc(C)n(-c2ccc(C(=O)NCC(NC(=O)c3ccc(-n4nc(C)cc4C)nc3)C3CC3)cn2)n1. The zero-order chi connectivity index (χ0) is 26.1. The molecule has 5 rings (SSSR count). The van der Waals surface area contributed by atoms with E-state index in [0.717, 1.165) is 35.6 Å². The number of carbonyl (C=O) groups is 2. The van der Waals surface area contributed by atoms with Gasteiger partial charge in [-0.2, -0.15) is 10.2 Å². The Morgan fingerprint density at radius 3 is 1.76 bits per heavy atom. The second-order valence-electron chi connectivity index (χ2n) is 9.62. The van der Waals surface area contributed by atoms with Crippen LogP contribution in [-0.2, 0) is 0 Å². The molecule has 1 atom stereocenters. The number of nitrogens with one attached hydrogen (secondary N) is 2. The zero-order valence-electron chi connectivity index (χ0n) is 21.4. The molecule has 10 heteroatoms. The molecule has 4 aromatic heterocycles. The lowest BCUT2D eigenvalue weighted by atomic mass is 10.1. The van der Waals surface area contributed by atoms with Crippen molar-refractivity contribution >= 4 is 11.8 Å². The molecule has 1 unspecified atom stereocenters. The van der Waals surface area contributed by atoms with Crippen LogP contribution < -0.4 is 10.6 Å². The van der Waals surface area contributed by atoms with Gasteiger partial charge >= 0.3 is 0 Å². The van der Waals surface area contributed by atoms with Gasteiger partial charge in [-0.1, -0.05) is 0 Å². The second-order valence-corrected chi connectivity index (χ2v) is 9.62. The summed E-state index contributed by atoms with van der Waals surface area (Å²) in [5.74, 6) is 1.21. The van der Waals surface area contributed by atoms with Crippen molar-refractivity contribution in [2.24, 2.45) is 5.92 Å². The molecule has 4 heterocycles. The molecule has 0 saturated heterocycles. The van der Waals surface area contributed by atoms with Gasteiger partial charge in [-0.15, -0.1) is 0 Å². The molecule has 1 aliphatic rings. The van der Waals surface area contributed by atoms with Crippen molar-refractivity contribution in [2.75, 3.05) is 6.54 Å². The molecule has 1 aliphatic carbocycles. The smallest absolute Gasteiger partial charge is 0.253 e. The Morgan fingerprint density at radius 1 is 0.838 bits per heavy atom. The predicted octanol–water partition coefficient (Wildman–Crippen LogP) is 3.02. The molecule has 1 fully saturated rings. The van der Waals surface area contributed by atoms with Gasteiger partial charge < -0.3 is 10.6 Å². The summed E-state index contributed by atoms with van der Waals surface area (Å²) in [6.07, 6.45) is 5.14. The number of aromatic nitrogens is 6. The fourth-order valence-electron chi connectivity index (χ4n) is 4.40. The van der Waals surface area contributed by atoms with E-state index in [1.807, 2.05) is 39.8 Å². The van der Waals surface area contributed by atoms with Crippen LogP contribution in [0, 0.1) is 33.6 Å². The first kappa shape index (κ1) is 24.4. The highest BCUT2D eigenvalue weighted by Gasteiger charge is 2.33. The highest BCUT2D eigenvalue weighted by Crippen LogP contribution is 2.32. The molecule has 0 spiro atoms. The summed E-state index contributed by atoms with van der Waals surface area (Å²) < 4.78 is 3.49. The third-order valence-electron chi connectivity index (χ3n) is 6.46. The largest absolute Gasteiger partial charge is 0.350 e. The topological polar surface area (TPSA) is 120 Å². The predicted molar refractivity (Wildman–Crippen MR) is 138 cm³/mol. The number of hydrogen-bond acceptors (Lipinski definition) is 6. The molecule has 4 aromatic rings. The molecule has 37 heavy (non-hydrogen) atoms. The third-order valence-corrected chi connectivity index (χ3v) is 6.46. The Hall–Kier alpha value is -4.34. The summed E-state index contributed by atoms with van der Waals surface area (Å²) in [6, 6.07) is 10.8. The molecule has 190 valence electrons. The van der Waals surface area contributed by atoms with E-state index >= 15 is 0 Å². The van der Waals surface area contributed by atoms with Crippen molar-refractivity contribution in [2.45, 2.75) is 46.6 Å². The van der Waals surface area contributed by atoms with Gasteiger partial charge in [0.2, 0.25) is 0 Å². The monoisotopic (exact) mass is 498 g/mol. The van der Waals surface area contributed by atoms with E-state index in [0.29, 0.717) is 35.2 Å². The van der Waals surface area contributed by atoms with Gasteiger partial charge in [0.25, 0.3) is 11.8 Å². The average molecular weight is 499 g/mol. The second kappa shape index (κ2) is 9.96. The number of nitrogens with zero attached hydrogens (tertiary/aromatic N) is 6. The van der Waals surface area contributed by atoms with E-state index in [2.05, 4.69) is 30.8 Å². The third kappa shape index (κ3) is 5.42. The van der Waals surface area contributed by atoms with Crippen LogP contribution in [-0.4, -0.2) is 53.9 Å². The summed E-state index contributed by atoms with van der Waals surface area (Å²) in [4.78, 5) is 34.5. The Bertz CT molecular complexity index is 1430. The molecule has 0 radical (unpaired) electrons. The standard InChI is InChI=1S/C27H30N8O2/c1-16-11-18(3)34(32-16)24-9-7-21(13-28-24)26(36)30-15-23(20-5-6-20)31-27(37)22-8-10-25(29-14-22)35-19(4)12-17(2)33-35/h7-14,20,23H,5-6,15H2,1-4H3,(H,30,36)(H,31,37). The minimum Gasteiger partial charge on any atom is -0.350 e. The van der Waals surface area contributed by atoms with Crippen molar-refractivity contribution in [3.05, 3.63) is 82.7 Å². The van der Waals surface area contributed by atoms with Crippen molar-refractivity contribution in [1.82, 2.24) is 40.2 Å². The van der Waals surface area contributed by atoms with E-state index in [1.54, 1.807) is 46.0 Å². The Labute approximate surface area is 215 Å². The van der Waals surface area contributed by atoms with Gasteiger partial charge in [0.1, 0.15) is 0 Å². The zero-order valence-corrected chi connectivity index (χ0v) is 21.4. The van der Waals surface area contributed by atoms with E-state index in [4.69, 9.17) is 0 Å². The summed E-state index contributed by atoms with van der Waals surface area (Å²) in [7, 11) is 0. The lowest BCUT2D eigenvalue weighted by Crippen LogP contribution is -2.45. The lowest BCUT2D eigenvalue weighted by Gasteiger charge is -2.19. The van der Waals surface area contributed by atoms with E-state index in [1.165, 1.54) is 0 Å². The van der Waals surface area contributed by atoms with Gasteiger partial charge in [0.15, 0.2) is 11.6 Å². The van der Waals surface area contributed by atoms with Crippen LogP contribution in [0.15, 0.2) is 48.8 Å². The summed E-state index contributed by atoms with van der Waals surface area (Å²) in [5, 5.41) is 14.9. The lowest BCUT2D eigenvalue weighted by molar-refractivity contribution is 0.0903. The van der Waals surface area contributed by atoms with Crippen LogP contribution >= 0.6 is 0 Å². The molecule has 10 nitrogen and oxygen atoms in total. The molecular formula is C27H30N8O2. The first-order valence-electron chi connectivity index (χ1n) is 12.4. The van der Waals surface area contributed by atoms with Crippen molar-refractivity contribution in [3.8, 4) is 11.6 Å². The molecule has 0 aliphatic heterocycles. The van der Waals surface area contributed by atoms with Crippen LogP contribution in [0.2, 0.25) is 0 Å². The molecule has 2 amide bonds. The van der Waals surface area contributed by atoms with Gasteiger partial charge in [0, 0.05) is 36.4 Å².